The van der Waals surface area contributed by atoms with Gasteiger partial charge in [-0.05, 0) is 49.1 Å². The Hall–Kier alpha value is -2.27. The number of aryl methyl sites for hydroxylation is 1. The van der Waals surface area contributed by atoms with E-state index in [1.807, 2.05) is 18.2 Å². The lowest BCUT2D eigenvalue weighted by atomic mass is 10.1. The van der Waals surface area contributed by atoms with Crippen LogP contribution in [0.2, 0.25) is 0 Å². The summed E-state index contributed by atoms with van der Waals surface area (Å²) in [5.74, 6) is -0.258. The summed E-state index contributed by atoms with van der Waals surface area (Å²) in [6.07, 6.45) is 6.29. The molecule has 1 saturated heterocycles. The van der Waals surface area contributed by atoms with Crippen molar-refractivity contribution in [3.8, 4) is 0 Å². The number of nitrogens with zero attached hydrogens (tertiary/aromatic N) is 2. The van der Waals surface area contributed by atoms with E-state index in [4.69, 9.17) is 4.74 Å². The number of carbonyl (C=O) groups excluding carboxylic acids is 1. The van der Waals surface area contributed by atoms with Crippen LogP contribution in [0.4, 0.5) is 10.1 Å². The Bertz CT molecular complexity index is 672. The first kappa shape index (κ1) is 16.6. The van der Waals surface area contributed by atoms with Gasteiger partial charge in [0.2, 0.25) is 5.91 Å². The summed E-state index contributed by atoms with van der Waals surface area (Å²) in [6, 6.07) is 10.1. The van der Waals surface area contributed by atoms with Crippen molar-refractivity contribution < 1.29 is 13.9 Å². The molecule has 0 aliphatic carbocycles. The highest BCUT2D eigenvalue weighted by atomic mass is 19.1. The highest BCUT2D eigenvalue weighted by Gasteiger charge is 2.23. The largest absolute Gasteiger partial charge is 0.376 e. The standard InChI is InChI=1S/C19H21FN2O2/c20-16-4-1-3-15(13-16)6-7-19(23)22(14-18-5-2-12-24-18)17-8-10-21-11-9-17/h1,3-4,8-11,13,18H,2,5-7,12,14H2/t18-/m0/s1. The molecule has 0 N–H and O–H groups in total. The molecule has 5 heteroatoms. The fourth-order valence-electron chi connectivity index (χ4n) is 2.95. The molecule has 4 nitrogen and oxygen atoms in total. The van der Waals surface area contributed by atoms with Crippen LogP contribution in [0.25, 0.3) is 0 Å². The van der Waals surface area contributed by atoms with E-state index >= 15 is 0 Å². The molecule has 2 aromatic rings. The van der Waals surface area contributed by atoms with E-state index in [1.165, 1.54) is 12.1 Å². The summed E-state index contributed by atoms with van der Waals surface area (Å²) in [4.78, 5) is 18.5. The van der Waals surface area contributed by atoms with E-state index in [1.54, 1.807) is 23.4 Å². The minimum atomic E-state index is -0.273. The van der Waals surface area contributed by atoms with Gasteiger partial charge in [0.15, 0.2) is 0 Å². The van der Waals surface area contributed by atoms with Gasteiger partial charge in [0, 0.05) is 31.1 Å². The number of rotatable bonds is 6. The molecule has 1 fully saturated rings. The number of anilines is 1. The molecule has 1 atom stereocenters. The van der Waals surface area contributed by atoms with Gasteiger partial charge in [-0.3, -0.25) is 9.78 Å². The summed E-state index contributed by atoms with van der Waals surface area (Å²) < 4.78 is 18.9. The van der Waals surface area contributed by atoms with Gasteiger partial charge < -0.3 is 9.64 Å². The summed E-state index contributed by atoms with van der Waals surface area (Å²) >= 11 is 0. The third-order valence-electron chi connectivity index (χ3n) is 4.20. The average molecular weight is 328 g/mol. The number of carbonyl (C=O) groups is 1. The zero-order chi connectivity index (χ0) is 16.8. The Morgan fingerprint density at radius 1 is 1.29 bits per heavy atom. The molecular weight excluding hydrogens is 307 g/mol. The molecule has 1 aromatic carbocycles. The minimum absolute atomic E-state index is 0.0148. The van der Waals surface area contributed by atoms with Crippen LogP contribution in [-0.2, 0) is 16.0 Å². The van der Waals surface area contributed by atoms with Crippen molar-refractivity contribution in [2.45, 2.75) is 31.8 Å². The van der Waals surface area contributed by atoms with Crippen LogP contribution < -0.4 is 4.90 Å². The first-order chi connectivity index (χ1) is 11.7. The first-order valence-electron chi connectivity index (χ1n) is 8.29. The third-order valence-corrected chi connectivity index (χ3v) is 4.20. The van der Waals surface area contributed by atoms with E-state index in [0.29, 0.717) is 19.4 Å². The van der Waals surface area contributed by atoms with Gasteiger partial charge >= 0.3 is 0 Å². The molecule has 0 unspecified atom stereocenters. The highest BCUT2D eigenvalue weighted by Crippen LogP contribution is 2.20. The summed E-state index contributed by atoms with van der Waals surface area (Å²) in [6.45, 7) is 1.30. The Morgan fingerprint density at radius 3 is 2.83 bits per heavy atom. The summed E-state index contributed by atoms with van der Waals surface area (Å²) in [5, 5.41) is 0. The van der Waals surface area contributed by atoms with Crippen molar-refractivity contribution in [1.82, 2.24) is 4.98 Å². The molecule has 3 rings (SSSR count). The van der Waals surface area contributed by atoms with Crippen LogP contribution in [0.3, 0.4) is 0 Å². The molecule has 1 amide bonds. The fourth-order valence-corrected chi connectivity index (χ4v) is 2.95. The lowest BCUT2D eigenvalue weighted by Gasteiger charge is -2.25. The van der Waals surface area contributed by atoms with Gasteiger partial charge in [-0.2, -0.15) is 0 Å². The molecule has 0 radical (unpaired) electrons. The monoisotopic (exact) mass is 328 g/mol. The maximum atomic E-state index is 13.3. The molecular formula is C19H21FN2O2. The van der Waals surface area contributed by atoms with Gasteiger partial charge in [-0.15, -0.1) is 0 Å². The smallest absolute Gasteiger partial charge is 0.227 e. The lowest BCUT2D eigenvalue weighted by Crippen LogP contribution is -2.37. The molecule has 1 aromatic heterocycles. The normalized spacial score (nSPS) is 17.0. The molecule has 24 heavy (non-hydrogen) atoms. The highest BCUT2D eigenvalue weighted by molar-refractivity contribution is 5.93. The lowest BCUT2D eigenvalue weighted by molar-refractivity contribution is -0.119. The maximum absolute atomic E-state index is 13.3. The van der Waals surface area contributed by atoms with Gasteiger partial charge in [0.25, 0.3) is 0 Å². The Balaban J connectivity index is 1.68. The minimum Gasteiger partial charge on any atom is -0.376 e. The number of aromatic nitrogens is 1. The number of amides is 1. The zero-order valence-corrected chi connectivity index (χ0v) is 13.5. The van der Waals surface area contributed by atoms with Crippen LogP contribution in [0.15, 0.2) is 48.8 Å². The molecule has 1 aliphatic rings. The van der Waals surface area contributed by atoms with E-state index in [-0.39, 0.29) is 17.8 Å². The number of ether oxygens (including phenoxy) is 1. The fraction of sp³-hybridized carbons (Fsp3) is 0.368. The zero-order valence-electron chi connectivity index (χ0n) is 13.5. The Morgan fingerprint density at radius 2 is 2.12 bits per heavy atom. The Labute approximate surface area is 141 Å². The van der Waals surface area contributed by atoms with Crippen LogP contribution in [-0.4, -0.2) is 30.1 Å². The van der Waals surface area contributed by atoms with Crippen molar-refractivity contribution in [1.29, 1.82) is 0 Å². The van der Waals surface area contributed by atoms with Crippen molar-refractivity contribution in [2.24, 2.45) is 0 Å². The second-order valence-electron chi connectivity index (χ2n) is 5.97. The molecule has 1 aliphatic heterocycles. The molecule has 0 spiro atoms. The van der Waals surface area contributed by atoms with Crippen LogP contribution in [0.5, 0.6) is 0 Å². The first-order valence-corrected chi connectivity index (χ1v) is 8.29. The maximum Gasteiger partial charge on any atom is 0.227 e. The predicted molar refractivity (Wildman–Crippen MR) is 90.3 cm³/mol. The van der Waals surface area contributed by atoms with Gasteiger partial charge in [-0.25, -0.2) is 4.39 Å². The van der Waals surface area contributed by atoms with Crippen molar-refractivity contribution in [3.63, 3.8) is 0 Å². The number of hydrogen-bond donors (Lipinski definition) is 0. The van der Waals surface area contributed by atoms with Gasteiger partial charge in [-0.1, -0.05) is 12.1 Å². The number of benzene rings is 1. The Kier molecular flexibility index (Phi) is 5.54. The molecule has 0 saturated carbocycles. The van der Waals surface area contributed by atoms with Crippen molar-refractivity contribution in [3.05, 3.63) is 60.2 Å². The average Bonchev–Trinajstić information content (AvgIpc) is 3.12. The number of hydrogen-bond acceptors (Lipinski definition) is 3. The molecule has 0 bridgehead atoms. The second-order valence-corrected chi connectivity index (χ2v) is 5.97. The van der Waals surface area contributed by atoms with E-state index in [0.717, 1.165) is 30.7 Å². The topological polar surface area (TPSA) is 42.4 Å². The van der Waals surface area contributed by atoms with E-state index < -0.39 is 0 Å². The van der Waals surface area contributed by atoms with Crippen LogP contribution in [0, 0.1) is 5.82 Å². The number of pyridine rings is 1. The SMILES string of the molecule is O=C(CCc1cccc(F)c1)N(C[C@@H]1CCCO1)c1ccncc1. The van der Waals surface area contributed by atoms with Crippen LogP contribution in [0.1, 0.15) is 24.8 Å². The second kappa shape index (κ2) is 8.02. The van der Waals surface area contributed by atoms with Gasteiger partial charge in [0.1, 0.15) is 5.82 Å². The molecule has 2 heterocycles. The van der Waals surface area contributed by atoms with E-state index in [2.05, 4.69) is 4.98 Å². The summed E-state index contributed by atoms with van der Waals surface area (Å²) in [7, 11) is 0. The molecule has 126 valence electrons. The predicted octanol–water partition coefficient (Wildman–Crippen LogP) is 3.37. The van der Waals surface area contributed by atoms with Crippen molar-refractivity contribution >= 4 is 11.6 Å². The third kappa shape index (κ3) is 4.38. The van der Waals surface area contributed by atoms with Crippen molar-refractivity contribution in [2.75, 3.05) is 18.1 Å². The summed E-state index contributed by atoms with van der Waals surface area (Å²) in [5.41, 5.74) is 1.65. The quantitative estimate of drug-likeness (QED) is 0.816. The van der Waals surface area contributed by atoms with Gasteiger partial charge in [0.05, 0.1) is 12.6 Å². The van der Waals surface area contributed by atoms with E-state index in [9.17, 15) is 9.18 Å². The van der Waals surface area contributed by atoms with Crippen LogP contribution >= 0.6 is 0 Å². The number of halogens is 1.